The van der Waals surface area contributed by atoms with Gasteiger partial charge in [0.05, 0.1) is 0 Å². The van der Waals surface area contributed by atoms with E-state index < -0.39 is 8.11 Å². The Labute approximate surface area is 51.5 Å². The van der Waals surface area contributed by atoms with E-state index in [4.69, 9.17) is 11.1 Å². The highest BCUT2D eigenvalue weighted by Crippen LogP contribution is 2.02. The van der Waals surface area contributed by atoms with Crippen molar-refractivity contribution in [2.45, 2.75) is 19.0 Å². The topological polar surface area (TPSA) is 0 Å². The molecule has 2 heteroatoms. The van der Waals surface area contributed by atoms with Crippen molar-refractivity contribution in [3.63, 3.8) is 0 Å². The Morgan fingerprint density at radius 1 is 1.86 bits per heavy atom. The summed E-state index contributed by atoms with van der Waals surface area (Å²) in [5.41, 5.74) is 0. The fraction of sp³-hybridized carbons (Fsp3) is 0.600. The maximum atomic E-state index is 5.83. The molecular formula is C5H11ClSi. The quantitative estimate of drug-likeness (QED) is 0.315. The lowest BCUT2D eigenvalue weighted by molar-refractivity contribution is 1.41. The number of halogens is 1. The third-order valence-electron chi connectivity index (χ3n) is 0.865. The molecule has 0 amide bonds. The van der Waals surface area contributed by atoms with E-state index >= 15 is 0 Å². The first-order valence-corrected chi connectivity index (χ1v) is 5.94. The molecule has 0 aliphatic carbocycles. The minimum absolute atomic E-state index is 0.827. The molecule has 0 spiro atoms. The first kappa shape index (κ1) is 7.25. The normalized spacial score (nSPS) is 13.4. The van der Waals surface area contributed by atoms with Crippen LogP contribution in [0.5, 0.6) is 0 Å². The van der Waals surface area contributed by atoms with Crippen LogP contribution in [0.2, 0.25) is 12.1 Å². The lowest BCUT2D eigenvalue weighted by Crippen LogP contribution is -1.96. The van der Waals surface area contributed by atoms with Crippen molar-refractivity contribution in [2.75, 3.05) is 0 Å². The Kier molecular flexibility index (Phi) is 4.56. The number of hydrogen-bond acceptors (Lipinski definition) is 0. The SMILES string of the molecule is C=CC[SiH](Cl)CC. The number of rotatable bonds is 3. The van der Waals surface area contributed by atoms with Gasteiger partial charge in [0.1, 0.15) is 8.11 Å². The van der Waals surface area contributed by atoms with Gasteiger partial charge in [0, 0.05) is 0 Å². The van der Waals surface area contributed by atoms with Gasteiger partial charge in [0.2, 0.25) is 0 Å². The predicted octanol–water partition coefficient (Wildman–Crippen LogP) is 2.15. The van der Waals surface area contributed by atoms with Crippen LogP contribution in [0.25, 0.3) is 0 Å². The van der Waals surface area contributed by atoms with Crippen LogP contribution in [0.1, 0.15) is 6.92 Å². The van der Waals surface area contributed by atoms with Gasteiger partial charge in [-0.1, -0.05) is 13.0 Å². The Bertz CT molecular complexity index is 54.0. The molecule has 1 atom stereocenters. The molecule has 0 aromatic rings. The zero-order valence-corrected chi connectivity index (χ0v) is 6.56. The van der Waals surface area contributed by atoms with Crippen LogP contribution >= 0.6 is 11.1 Å². The highest BCUT2D eigenvalue weighted by atomic mass is 35.6. The first-order chi connectivity index (χ1) is 3.31. The maximum absolute atomic E-state index is 5.83. The third-order valence-corrected chi connectivity index (χ3v) is 4.06. The van der Waals surface area contributed by atoms with Crippen molar-refractivity contribution < 1.29 is 0 Å². The van der Waals surface area contributed by atoms with Crippen molar-refractivity contribution in [2.24, 2.45) is 0 Å². The summed E-state index contributed by atoms with van der Waals surface area (Å²) in [7, 11) is -0.827. The third kappa shape index (κ3) is 4.09. The fourth-order valence-electron chi connectivity index (χ4n) is 0.348. The molecule has 0 saturated carbocycles. The van der Waals surface area contributed by atoms with Gasteiger partial charge in [-0.3, -0.25) is 0 Å². The van der Waals surface area contributed by atoms with E-state index in [1.165, 1.54) is 6.04 Å². The van der Waals surface area contributed by atoms with Crippen molar-refractivity contribution >= 4 is 19.2 Å². The number of allylic oxidation sites excluding steroid dienone is 1. The molecule has 0 radical (unpaired) electrons. The molecule has 0 bridgehead atoms. The average Bonchev–Trinajstić information content (AvgIpc) is 1.68. The minimum atomic E-state index is -0.827. The van der Waals surface area contributed by atoms with E-state index in [9.17, 15) is 0 Å². The second kappa shape index (κ2) is 4.41. The summed E-state index contributed by atoms with van der Waals surface area (Å²) < 4.78 is 0. The first-order valence-electron chi connectivity index (χ1n) is 2.56. The molecule has 0 heterocycles. The van der Waals surface area contributed by atoms with Crippen molar-refractivity contribution in [3.05, 3.63) is 12.7 Å². The minimum Gasteiger partial charge on any atom is -0.171 e. The van der Waals surface area contributed by atoms with Gasteiger partial charge < -0.3 is 0 Å². The summed E-state index contributed by atoms with van der Waals surface area (Å²) in [5.74, 6) is 0. The van der Waals surface area contributed by atoms with Crippen LogP contribution in [0.15, 0.2) is 12.7 Å². The maximum Gasteiger partial charge on any atom is 0.144 e. The molecule has 7 heavy (non-hydrogen) atoms. The summed E-state index contributed by atoms with van der Waals surface area (Å²) in [6.45, 7) is 5.73. The zero-order chi connectivity index (χ0) is 5.70. The molecule has 42 valence electrons. The Hall–Kier alpha value is 0.247. The van der Waals surface area contributed by atoms with Crippen LogP contribution in [0, 0.1) is 0 Å². The van der Waals surface area contributed by atoms with Crippen molar-refractivity contribution in [1.29, 1.82) is 0 Å². The van der Waals surface area contributed by atoms with E-state index in [1.54, 1.807) is 0 Å². The summed E-state index contributed by atoms with van der Waals surface area (Å²) in [4.78, 5) is 0. The molecule has 1 unspecified atom stereocenters. The largest absolute Gasteiger partial charge is 0.171 e. The average molecular weight is 135 g/mol. The summed E-state index contributed by atoms with van der Waals surface area (Å²) in [5, 5.41) is 0. The van der Waals surface area contributed by atoms with Gasteiger partial charge >= 0.3 is 0 Å². The van der Waals surface area contributed by atoms with Crippen LogP contribution in [0.3, 0.4) is 0 Å². The Morgan fingerprint density at radius 2 is 2.43 bits per heavy atom. The molecule has 0 nitrogen and oxygen atoms in total. The molecule has 0 saturated heterocycles. The highest BCUT2D eigenvalue weighted by Gasteiger charge is 1.97. The van der Waals surface area contributed by atoms with Gasteiger partial charge in [-0.2, -0.15) is 11.1 Å². The number of hydrogen-bond donors (Lipinski definition) is 0. The van der Waals surface area contributed by atoms with Gasteiger partial charge in [0.25, 0.3) is 0 Å². The molecule has 0 N–H and O–H groups in total. The Balaban J connectivity index is 2.98. The summed E-state index contributed by atoms with van der Waals surface area (Å²) in [6.07, 6.45) is 1.91. The van der Waals surface area contributed by atoms with E-state index in [2.05, 4.69) is 13.5 Å². The molecule has 0 aliphatic rings. The lowest BCUT2D eigenvalue weighted by Gasteiger charge is -1.94. The van der Waals surface area contributed by atoms with Crippen LogP contribution in [-0.2, 0) is 0 Å². The molecule has 0 rings (SSSR count). The van der Waals surface area contributed by atoms with E-state index in [0.717, 1.165) is 6.04 Å². The molecule has 0 fully saturated rings. The standard InChI is InChI=1S/C5H11ClSi/c1-3-5-7(6)4-2/h3,7H,1,4-5H2,2H3. The van der Waals surface area contributed by atoms with Crippen LogP contribution in [0.4, 0.5) is 0 Å². The highest BCUT2D eigenvalue weighted by molar-refractivity contribution is 7.07. The zero-order valence-electron chi connectivity index (χ0n) is 4.65. The monoisotopic (exact) mass is 134 g/mol. The van der Waals surface area contributed by atoms with Gasteiger partial charge in [-0.15, -0.1) is 6.58 Å². The van der Waals surface area contributed by atoms with E-state index in [1.807, 2.05) is 6.08 Å². The van der Waals surface area contributed by atoms with Crippen LogP contribution in [-0.4, -0.2) is 8.11 Å². The lowest BCUT2D eigenvalue weighted by atomic mass is 10.8. The van der Waals surface area contributed by atoms with Crippen LogP contribution < -0.4 is 0 Å². The molecule has 0 aliphatic heterocycles. The van der Waals surface area contributed by atoms with Crippen molar-refractivity contribution in [1.82, 2.24) is 0 Å². The van der Waals surface area contributed by atoms with Gasteiger partial charge in [0.15, 0.2) is 0 Å². The molecule has 0 aromatic carbocycles. The van der Waals surface area contributed by atoms with Crippen molar-refractivity contribution in [3.8, 4) is 0 Å². The smallest absolute Gasteiger partial charge is 0.144 e. The fourth-order valence-corrected chi connectivity index (χ4v) is 1.42. The van der Waals surface area contributed by atoms with Gasteiger partial charge in [-0.25, -0.2) is 0 Å². The second-order valence-corrected chi connectivity index (χ2v) is 5.86. The van der Waals surface area contributed by atoms with E-state index in [-0.39, 0.29) is 0 Å². The summed E-state index contributed by atoms with van der Waals surface area (Å²) >= 11 is 5.83. The van der Waals surface area contributed by atoms with Gasteiger partial charge in [-0.05, 0) is 12.1 Å². The van der Waals surface area contributed by atoms with E-state index in [0.29, 0.717) is 0 Å². The molecule has 0 aromatic heterocycles. The molecular weight excluding hydrogens is 124 g/mol. The Morgan fingerprint density at radius 3 is 2.57 bits per heavy atom. The second-order valence-electron chi connectivity index (χ2n) is 1.53. The predicted molar refractivity (Wildman–Crippen MR) is 38.5 cm³/mol. The summed E-state index contributed by atoms with van der Waals surface area (Å²) in [6, 6.07) is 2.24.